The molecule has 1 aliphatic heterocycles. The average molecular weight is 406 g/mol. The highest BCUT2D eigenvalue weighted by Gasteiger charge is 2.25. The van der Waals surface area contributed by atoms with Crippen molar-refractivity contribution >= 4 is 29.5 Å². The van der Waals surface area contributed by atoms with Gasteiger partial charge in [-0.1, -0.05) is 0 Å². The van der Waals surface area contributed by atoms with Crippen LogP contribution in [0.25, 0.3) is 0 Å². The van der Waals surface area contributed by atoms with Gasteiger partial charge in [-0.05, 0) is 30.6 Å². The first-order valence-corrected chi connectivity index (χ1v) is 10.1. The summed E-state index contributed by atoms with van der Waals surface area (Å²) >= 11 is 1.48. The van der Waals surface area contributed by atoms with E-state index in [2.05, 4.69) is 5.32 Å². The van der Waals surface area contributed by atoms with E-state index in [1.165, 1.54) is 24.2 Å². The van der Waals surface area contributed by atoms with Crippen LogP contribution in [-0.2, 0) is 9.59 Å². The molecule has 2 N–H and O–H groups in total. The molecule has 0 aromatic carbocycles. The number of nitrogens with zero attached hydrogens (tertiary/aromatic N) is 3. The number of nitriles is 1. The van der Waals surface area contributed by atoms with Gasteiger partial charge in [0.25, 0.3) is 11.8 Å². The number of carboxylic acid groups (broad SMARTS) is 1. The highest BCUT2D eigenvalue weighted by Crippen LogP contribution is 2.11. The molecule has 10 heteroatoms. The second-order valence-corrected chi connectivity index (χ2v) is 7.09. The third-order valence-electron chi connectivity index (χ3n) is 4.22. The van der Waals surface area contributed by atoms with Crippen LogP contribution >= 0.6 is 11.8 Å². The Kier molecular flexibility index (Phi) is 7.95. The Morgan fingerprint density at radius 1 is 1.39 bits per heavy atom. The van der Waals surface area contributed by atoms with E-state index in [1.807, 2.05) is 12.3 Å². The van der Waals surface area contributed by atoms with Crippen molar-refractivity contribution < 1.29 is 23.9 Å². The molecule has 1 aromatic heterocycles. The zero-order valence-corrected chi connectivity index (χ0v) is 16.3. The van der Waals surface area contributed by atoms with E-state index >= 15 is 0 Å². The van der Waals surface area contributed by atoms with Crippen LogP contribution in [-0.4, -0.2) is 76.9 Å². The lowest BCUT2D eigenvalue weighted by molar-refractivity contribution is -0.141. The molecular weight excluding hydrogens is 384 g/mol. The monoisotopic (exact) mass is 406 g/mol. The van der Waals surface area contributed by atoms with Crippen molar-refractivity contribution in [2.45, 2.75) is 12.5 Å². The Balaban J connectivity index is 1.93. The quantitative estimate of drug-likeness (QED) is 0.479. The van der Waals surface area contributed by atoms with Gasteiger partial charge in [-0.3, -0.25) is 9.59 Å². The van der Waals surface area contributed by atoms with E-state index in [0.29, 0.717) is 31.9 Å². The van der Waals surface area contributed by atoms with Gasteiger partial charge in [0.15, 0.2) is 5.76 Å². The van der Waals surface area contributed by atoms with Gasteiger partial charge in [0, 0.05) is 32.4 Å². The predicted molar refractivity (Wildman–Crippen MR) is 102 cm³/mol. The second-order valence-electron chi connectivity index (χ2n) is 6.11. The van der Waals surface area contributed by atoms with E-state index in [9.17, 15) is 24.8 Å². The summed E-state index contributed by atoms with van der Waals surface area (Å²) in [7, 11) is 0. The molecule has 1 aliphatic rings. The fraction of sp³-hybridized carbons (Fsp3) is 0.444. The zero-order valence-electron chi connectivity index (χ0n) is 15.5. The van der Waals surface area contributed by atoms with Crippen molar-refractivity contribution in [3.05, 3.63) is 35.9 Å². The molecule has 1 fully saturated rings. The maximum atomic E-state index is 12.3. The number of carboxylic acids is 1. The molecule has 2 amide bonds. The van der Waals surface area contributed by atoms with Crippen LogP contribution in [0.4, 0.5) is 0 Å². The zero-order chi connectivity index (χ0) is 20.5. The molecule has 0 bridgehead atoms. The Morgan fingerprint density at radius 3 is 2.64 bits per heavy atom. The molecule has 1 atom stereocenters. The Bertz CT molecular complexity index is 763. The number of hydrogen-bond donors (Lipinski definition) is 2. The molecule has 1 unspecified atom stereocenters. The summed E-state index contributed by atoms with van der Waals surface area (Å²) in [6.45, 7) is 1.73. The summed E-state index contributed by atoms with van der Waals surface area (Å²) in [5, 5.41) is 20.9. The van der Waals surface area contributed by atoms with Gasteiger partial charge in [0.2, 0.25) is 0 Å². The van der Waals surface area contributed by atoms with Crippen LogP contribution in [0.5, 0.6) is 0 Å². The number of hydrogen-bond acceptors (Lipinski definition) is 7. The second kappa shape index (κ2) is 10.4. The molecule has 28 heavy (non-hydrogen) atoms. The topological polar surface area (TPSA) is 127 Å². The first kappa shape index (κ1) is 21.4. The number of carbonyl (C=O) groups excluding carboxylic acids is 2. The van der Waals surface area contributed by atoms with Crippen molar-refractivity contribution in [2.24, 2.45) is 0 Å². The van der Waals surface area contributed by atoms with Gasteiger partial charge in [-0.25, -0.2) is 4.79 Å². The van der Waals surface area contributed by atoms with Crippen LogP contribution in [0.15, 0.2) is 34.6 Å². The van der Waals surface area contributed by atoms with Gasteiger partial charge >= 0.3 is 5.97 Å². The number of piperazine rings is 1. The number of thioether (sulfide) groups is 1. The normalized spacial score (nSPS) is 15.6. The predicted octanol–water partition coefficient (Wildman–Crippen LogP) is 0.767. The minimum atomic E-state index is -1.13. The Labute approximate surface area is 167 Å². The maximum absolute atomic E-state index is 12.3. The van der Waals surface area contributed by atoms with Crippen LogP contribution in [0.2, 0.25) is 0 Å². The molecule has 2 rings (SSSR count). The van der Waals surface area contributed by atoms with Crippen molar-refractivity contribution in [3.63, 3.8) is 0 Å². The lowest BCUT2D eigenvalue weighted by Gasteiger charge is -2.33. The first-order valence-electron chi connectivity index (χ1n) is 8.67. The van der Waals surface area contributed by atoms with Gasteiger partial charge in [0.1, 0.15) is 17.7 Å². The highest BCUT2D eigenvalue weighted by atomic mass is 32.2. The van der Waals surface area contributed by atoms with E-state index in [1.54, 1.807) is 21.9 Å². The average Bonchev–Trinajstić information content (AvgIpc) is 3.23. The lowest BCUT2D eigenvalue weighted by atomic mass is 10.2. The number of carbonyl (C=O) groups is 3. The molecule has 1 aromatic rings. The van der Waals surface area contributed by atoms with E-state index in [0.717, 1.165) is 0 Å². The minimum Gasteiger partial charge on any atom is -0.480 e. The maximum Gasteiger partial charge on any atom is 0.326 e. The molecule has 1 saturated heterocycles. The fourth-order valence-electron chi connectivity index (χ4n) is 2.66. The van der Waals surface area contributed by atoms with Crippen LogP contribution < -0.4 is 5.32 Å². The van der Waals surface area contributed by atoms with Gasteiger partial charge < -0.3 is 24.6 Å². The van der Waals surface area contributed by atoms with Crippen LogP contribution in [0, 0.1) is 11.3 Å². The number of amides is 2. The number of aliphatic carboxylic acids is 1. The number of furan rings is 1. The molecule has 2 heterocycles. The third-order valence-corrected chi connectivity index (χ3v) is 4.87. The molecule has 9 nitrogen and oxygen atoms in total. The summed E-state index contributed by atoms with van der Waals surface area (Å²) in [5.74, 6) is -1.21. The van der Waals surface area contributed by atoms with E-state index in [-0.39, 0.29) is 23.7 Å². The Morgan fingerprint density at radius 2 is 2.11 bits per heavy atom. The molecule has 0 saturated carbocycles. The number of nitrogens with one attached hydrogen (secondary N) is 1. The van der Waals surface area contributed by atoms with Crippen LogP contribution in [0.3, 0.4) is 0 Å². The van der Waals surface area contributed by atoms with Crippen molar-refractivity contribution in [3.8, 4) is 6.07 Å². The third kappa shape index (κ3) is 5.79. The molecule has 0 aliphatic carbocycles. The molecular formula is C18H22N4O5S. The van der Waals surface area contributed by atoms with E-state index in [4.69, 9.17) is 4.42 Å². The lowest BCUT2D eigenvalue weighted by Crippen LogP contribution is -2.47. The summed E-state index contributed by atoms with van der Waals surface area (Å²) < 4.78 is 5.11. The summed E-state index contributed by atoms with van der Waals surface area (Å²) in [5.41, 5.74) is -0.166. The molecule has 0 spiro atoms. The number of rotatable bonds is 8. The molecule has 150 valence electrons. The van der Waals surface area contributed by atoms with Gasteiger partial charge in [-0.15, -0.1) is 0 Å². The van der Waals surface area contributed by atoms with Crippen molar-refractivity contribution in [2.75, 3.05) is 38.2 Å². The van der Waals surface area contributed by atoms with Crippen molar-refractivity contribution in [1.82, 2.24) is 15.1 Å². The van der Waals surface area contributed by atoms with E-state index < -0.39 is 17.9 Å². The SMILES string of the molecule is CSCCC(NC(=O)/C(C#N)=C\N1CCN(C(=O)c2ccco2)CC1)C(=O)O. The van der Waals surface area contributed by atoms with Gasteiger partial charge in [-0.2, -0.15) is 17.0 Å². The smallest absolute Gasteiger partial charge is 0.326 e. The highest BCUT2D eigenvalue weighted by molar-refractivity contribution is 7.98. The first-order chi connectivity index (χ1) is 13.5. The standard InChI is InChI=1S/C18H22N4O5S/c1-28-10-4-14(18(25)26)20-16(23)13(11-19)12-21-5-7-22(8-6-21)17(24)15-3-2-9-27-15/h2-3,9,12,14H,4-8,10H2,1H3,(H,20,23)(H,25,26)/b13-12-. The summed E-state index contributed by atoms with van der Waals surface area (Å²) in [6, 6.07) is 4.02. The largest absolute Gasteiger partial charge is 0.480 e. The summed E-state index contributed by atoms with van der Waals surface area (Å²) in [6.07, 6.45) is 4.97. The Hall–Kier alpha value is -2.93. The molecule has 0 radical (unpaired) electrons. The van der Waals surface area contributed by atoms with Crippen molar-refractivity contribution in [1.29, 1.82) is 5.26 Å². The minimum absolute atomic E-state index is 0.166. The fourth-order valence-corrected chi connectivity index (χ4v) is 3.13. The van der Waals surface area contributed by atoms with Crippen LogP contribution in [0.1, 0.15) is 17.0 Å². The summed E-state index contributed by atoms with van der Waals surface area (Å²) in [4.78, 5) is 39.2. The van der Waals surface area contributed by atoms with Gasteiger partial charge in [0.05, 0.1) is 6.26 Å².